The zero-order valence-corrected chi connectivity index (χ0v) is 17.2. The summed E-state index contributed by atoms with van der Waals surface area (Å²) in [5, 5.41) is 2.54. The van der Waals surface area contributed by atoms with Crippen LogP contribution in [0.25, 0.3) is 0 Å². The fourth-order valence-electron chi connectivity index (χ4n) is 1.93. The predicted molar refractivity (Wildman–Crippen MR) is 102 cm³/mol. The van der Waals surface area contributed by atoms with Crippen LogP contribution in [0.15, 0.2) is 35.2 Å². The highest BCUT2D eigenvalue weighted by Gasteiger charge is 2.21. The number of anilines is 1. The number of sulfonamides is 1. The molecule has 1 N–H and O–H groups in total. The zero-order chi connectivity index (χ0) is 21.5. The number of nitrogens with zero attached hydrogens (tertiary/aromatic N) is 1. The SMILES string of the molecule is CCOC(=O)/C=C/C(=O)OC(C)C(=O)Nc1cc(S(=O)(=O)N(C)C)ccc1C. The van der Waals surface area contributed by atoms with E-state index >= 15 is 0 Å². The molecule has 10 heteroatoms. The molecule has 0 aliphatic heterocycles. The smallest absolute Gasteiger partial charge is 0.331 e. The maximum atomic E-state index is 12.3. The van der Waals surface area contributed by atoms with Gasteiger partial charge in [-0.25, -0.2) is 22.3 Å². The third kappa shape index (κ3) is 6.46. The van der Waals surface area contributed by atoms with E-state index in [0.29, 0.717) is 5.56 Å². The van der Waals surface area contributed by atoms with Gasteiger partial charge in [0, 0.05) is 31.9 Å². The van der Waals surface area contributed by atoms with E-state index in [1.807, 2.05) is 0 Å². The molecule has 0 aromatic heterocycles. The van der Waals surface area contributed by atoms with Gasteiger partial charge in [0.1, 0.15) is 0 Å². The largest absolute Gasteiger partial charge is 0.463 e. The summed E-state index contributed by atoms with van der Waals surface area (Å²) < 4.78 is 35.1. The minimum absolute atomic E-state index is 0.0143. The first-order chi connectivity index (χ1) is 13.0. The number of amides is 1. The Morgan fingerprint density at radius 1 is 1.18 bits per heavy atom. The van der Waals surface area contributed by atoms with Crippen molar-refractivity contribution in [2.24, 2.45) is 0 Å². The van der Waals surface area contributed by atoms with E-state index in [0.717, 1.165) is 16.5 Å². The van der Waals surface area contributed by atoms with Crippen molar-refractivity contribution in [3.8, 4) is 0 Å². The van der Waals surface area contributed by atoms with Crippen LogP contribution in [0.3, 0.4) is 0 Å². The number of aryl methyl sites for hydroxylation is 1. The van der Waals surface area contributed by atoms with Gasteiger partial charge in [0.2, 0.25) is 10.0 Å². The summed E-state index contributed by atoms with van der Waals surface area (Å²) in [5.41, 5.74) is 0.907. The highest BCUT2D eigenvalue weighted by Crippen LogP contribution is 2.22. The van der Waals surface area contributed by atoms with Gasteiger partial charge in [0.05, 0.1) is 11.5 Å². The number of hydrogen-bond acceptors (Lipinski definition) is 7. The lowest BCUT2D eigenvalue weighted by Gasteiger charge is -2.16. The topological polar surface area (TPSA) is 119 Å². The lowest BCUT2D eigenvalue weighted by molar-refractivity contribution is -0.148. The molecular weight excluding hydrogens is 388 g/mol. The summed E-state index contributed by atoms with van der Waals surface area (Å²) in [7, 11) is -0.865. The van der Waals surface area contributed by atoms with Crippen LogP contribution in [-0.4, -0.2) is 57.4 Å². The van der Waals surface area contributed by atoms with Gasteiger partial charge in [-0.1, -0.05) is 6.07 Å². The van der Waals surface area contributed by atoms with Gasteiger partial charge in [0.25, 0.3) is 5.91 Å². The Morgan fingerprint density at radius 2 is 1.79 bits per heavy atom. The van der Waals surface area contributed by atoms with Gasteiger partial charge in [-0.3, -0.25) is 4.79 Å². The van der Waals surface area contributed by atoms with Crippen LogP contribution >= 0.6 is 0 Å². The molecule has 1 rings (SSSR count). The van der Waals surface area contributed by atoms with Crippen molar-refractivity contribution in [3.63, 3.8) is 0 Å². The fourth-order valence-corrected chi connectivity index (χ4v) is 2.86. The molecule has 1 aromatic rings. The Hall–Kier alpha value is -2.72. The summed E-state index contributed by atoms with van der Waals surface area (Å²) in [6.07, 6.45) is 0.584. The number of esters is 2. The van der Waals surface area contributed by atoms with Crippen molar-refractivity contribution in [3.05, 3.63) is 35.9 Å². The molecule has 0 fully saturated rings. The number of rotatable bonds is 8. The third-order valence-electron chi connectivity index (χ3n) is 3.55. The van der Waals surface area contributed by atoms with Crippen molar-refractivity contribution >= 4 is 33.6 Å². The molecule has 1 atom stereocenters. The van der Waals surface area contributed by atoms with Crippen molar-refractivity contribution in [1.29, 1.82) is 0 Å². The number of nitrogens with one attached hydrogen (secondary N) is 1. The van der Waals surface area contributed by atoms with E-state index < -0.39 is 34.0 Å². The molecule has 28 heavy (non-hydrogen) atoms. The second-order valence-electron chi connectivity index (χ2n) is 5.92. The monoisotopic (exact) mass is 412 g/mol. The van der Waals surface area contributed by atoms with Crippen LogP contribution in [0.5, 0.6) is 0 Å². The lowest BCUT2D eigenvalue weighted by atomic mass is 10.2. The lowest BCUT2D eigenvalue weighted by Crippen LogP contribution is -2.30. The summed E-state index contributed by atoms with van der Waals surface area (Å²) >= 11 is 0. The molecule has 0 bridgehead atoms. The Labute approximate surface area is 164 Å². The van der Waals surface area contributed by atoms with Crippen LogP contribution < -0.4 is 5.32 Å². The Balaban J connectivity index is 2.84. The first-order valence-corrected chi connectivity index (χ1v) is 9.82. The summed E-state index contributed by atoms with van der Waals surface area (Å²) in [5.74, 6) is -2.25. The highest BCUT2D eigenvalue weighted by atomic mass is 32.2. The highest BCUT2D eigenvalue weighted by molar-refractivity contribution is 7.89. The van der Waals surface area contributed by atoms with Gasteiger partial charge in [-0.15, -0.1) is 0 Å². The second-order valence-corrected chi connectivity index (χ2v) is 8.07. The molecule has 1 aromatic carbocycles. The molecule has 1 amide bonds. The average Bonchev–Trinajstić information content (AvgIpc) is 2.61. The first kappa shape index (κ1) is 23.3. The number of carbonyl (C=O) groups is 3. The molecule has 0 heterocycles. The Morgan fingerprint density at radius 3 is 2.36 bits per heavy atom. The summed E-state index contributed by atoms with van der Waals surface area (Å²) in [6.45, 7) is 4.83. The second kappa shape index (κ2) is 10.00. The van der Waals surface area contributed by atoms with Crippen molar-refractivity contribution in [1.82, 2.24) is 4.31 Å². The molecule has 0 aliphatic rings. The van der Waals surface area contributed by atoms with Crippen LogP contribution in [0.2, 0.25) is 0 Å². The van der Waals surface area contributed by atoms with Crippen molar-refractivity contribution in [2.75, 3.05) is 26.0 Å². The Kier molecular flexibility index (Phi) is 8.33. The third-order valence-corrected chi connectivity index (χ3v) is 5.36. The van der Waals surface area contributed by atoms with Gasteiger partial charge >= 0.3 is 11.9 Å². The van der Waals surface area contributed by atoms with Crippen LogP contribution in [0.4, 0.5) is 5.69 Å². The standard InChI is InChI=1S/C18H24N2O7S/c1-6-26-16(21)9-10-17(22)27-13(3)18(23)19-15-11-14(8-7-12(15)2)28(24,25)20(4)5/h7-11,13H,6H2,1-5H3,(H,19,23)/b10-9+. The van der Waals surface area contributed by atoms with E-state index in [2.05, 4.69) is 10.1 Å². The van der Waals surface area contributed by atoms with Gasteiger partial charge < -0.3 is 14.8 Å². The molecule has 1 unspecified atom stereocenters. The molecule has 0 spiro atoms. The number of hydrogen-bond donors (Lipinski definition) is 1. The molecule has 9 nitrogen and oxygen atoms in total. The number of benzene rings is 1. The predicted octanol–water partition coefficient (Wildman–Crippen LogP) is 1.23. The molecular formula is C18H24N2O7S. The molecule has 0 aliphatic carbocycles. The molecule has 0 saturated heterocycles. The fraction of sp³-hybridized carbons (Fsp3) is 0.389. The Bertz CT molecular complexity index is 876. The van der Waals surface area contributed by atoms with Gasteiger partial charge in [-0.05, 0) is 38.5 Å². The van der Waals surface area contributed by atoms with E-state index in [4.69, 9.17) is 4.74 Å². The van der Waals surface area contributed by atoms with E-state index in [9.17, 15) is 22.8 Å². The summed E-state index contributed by atoms with van der Waals surface area (Å²) in [6, 6.07) is 4.33. The van der Waals surface area contributed by atoms with Gasteiger partial charge in [-0.2, -0.15) is 0 Å². The van der Waals surface area contributed by atoms with Crippen molar-refractivity contribution < 1.29 is 32.3 Å². The average molecular weight is 412 g/mol. The minimum Gasteiger partial charge on any atom is -0.463 e. The number of carbonyl (C=O) groups excluding carboxylic acids is 3. The van der Waals surface area contributed by atoms with Crippen LogP contribution in [0, 0.1) is 6.92 Å². The van der Waals surface area contributed by atoms with Crippen LogP contribution in [-0.2, 0) is 33.9 Å². The molecule has 0 radical (unpaired) electrons. The van der Waals surface area contributed by atoms with Gasteiger partial charge in [0.15, 0.2) is 6.10 Å². The maximum Gasteiger partial charge on any atom is 0.331 e. The minimum atomic E-state index is -3.67. The van der Waals surface area contributed by atoms with Crippen molar-refractivity contribution in [2.45, 2.75) is 31.8 Å². The van der Waals surface area contributed by atoms with E-state index in [1.54, 1.807) is 19.9 Å². The first-order valence-electron chi connectivity index (χ1n) is 8.38. The zero-order valence-electron chi connectivity index (χ0n) is 16.4. The summed E-state index contributed by atoms with van der Waals surface area (Å²) in [4.78, 5) is 35.1. The molecule has 154 valence electrons. The normalized spacial score (nSPS) is 12.6. The molecule has 0 saturated carbocycles. The van der Waals surface area contributed by atoms with E-state index in [1.165, 1.54) is 33.2 Å². The quantitative estimate of drug-likeness (QED) is 0.504. The van der Waals surface area contributed by atoms with E-state index in [-0.39, 0.29) is 17.2 Å². The number of ether oxygens (including phenoxy) is 2. The van der Waals surface area contributed by atoms with Crippen LogP contribution in [0.1, 0.15) is 19.4 Å². The maximum absolute atomic E-state index is 12.3.